The fourth-order valence-corrected chi connectivity index (χ4v) is 2.01. The molecule has 0 aliphatic heterocycles. The molecule has 0 aliphatic rings. The van der Waals surface area contributed by atoms with Crippen LogP contribution in [0.2, 0.25) is 0 Å². The van der Waals surface area contributed by atoms with Gasteiger partial charge in [-0.2, -0.15) is 10.1 Å². The Bertz CT molecular complexity index is 894. The molecule has 2 N–H and O–H groups in total. The molecule has 3 heterocycles. The third-order valence-corrected chi connectivity index (χ3v) is 3.23. The number of hydrogen-bond acceptors (Lipinski definition) is 6. The second-order valence-electron chi connectivity index (χ2n) is 5.44. The van der Waals surface area contributed by atoms with Gasteiger partial charge in [0.05, 0.1) is 6.26 Å². The largest absolute Gasteiger partial charge is 0.463 e. The number of amides is 1. The Kier molecular flexibility index (Phi) is 4.23. The van der Waals surface area contributed by atoms with E-state index in [0.29, 0.717) is 17.3 Å². The summed E-state index contributed by atoms with van der Waals surface area (Å²) >= 11 is 0. The topological polar surface area (TPSA) is 119 Å². The van der Waals surface area contributed by atoms with Crippen molar-refractivity contribution in [2.75, 3.05) is 5.32 Å². The average molecular weight is 328 g/mol. The molecule has 3 rings (SSSR count). The maximum atomic E-state index is 12.1. The summed E-state index contributed by atoms with van der Waals surface area (Å²) < 4.78 is 6.30. The van der Waals surface area contributed by atoms with Crippen LogP contribution in [0.5, 0.6) is 0 Å². The van der Waals surface area contributed by atoms with Crippen molar-refractivity contribution in [2.24, 2.45) is 0 Å². The van der Waals surface area contributed by atoms with Gasteiger partial charge in [0.2, 0.25) is 11.9 Å². The molecule has 0 saturated carbocycles. The summed E-state index contributed by atoms with van der Waals surface area (Å²) in [6.07, 6.45) is 1.51. The number of aromatic nitrogens is 5. The summed E-state index contributed by atoms with van der Waals surface area (Å²) in [5, 5.41) is 13.3. The lowest BCUT2D eigenvalue weighted by molar-refractivity contribution is -0.117. The standard InChI is InChI=1S/C15H16N6O3/c1-9(2)14-17-15(19-18-14)16-12(22)8-21-13(23)6-5-10(20-21)11-4-3-7-24-11/h3-7,9H,8H2,1-2H3,(H2,16,17,18,19,22). The zero-order valence-electron chi connectivity index (χ0n) is 13.2. The number of H-pyrrole nitrogens is 1. The fraction of sp³-hybridized carbons (Fsp3) is 0.267. The number of aromatic amines is 1. The van der Waals surface area contributed by atoms with E-state index >= 15 is 0 Å². The molecule has 3 aromatic rings. The van der Waals surface area contributed by atoms with E-state index in [-0.39, 0.29) is 18.4 Å². The smallest absolute Gasteiger partial charge is 0.267 e. The van der Waals surface area contributed by atoms with Gasteiger partial charge in [0.25, 0.3) is 5.56 Å². The lowest BCUT2D eigenvalue weighted by Gasteiger charge is -2.05. The van der Waals surface area contributed by atoms with Crippen molar-refractivity contribution in [3.8, 4) is 11.5 Å². The maximum absolute atomic E-state index is 12.1. The van der Waals surface area contributed by atoms with Crippen molar-refractivity contribution in [3.63, 3.8) is 0 Å². The van der Waals surface area contributed by atoms with Crippen molar-refractivity contribution in [1.29, 1.82) is 0 Å². The molecule has 0 spiro atoms. The zero-order chi connectivity index (χ0) is 17.1. The highest BCUT2D eigenvalue weighted by atomic mass is 16.3. The third kappa shape index (κ3) is 3.40. The number of carbonyl (C=O) groups excluding carboxylic acids is 1. The summed E-state index contributed by atoms with van der Waals surface area (Å²) in [7, 11) is 0. The summed E-state index contributed by atoms with van der Waals surface area (Å²) in [5.41, 5.74) is 0.0747. The minimum absolute atomic E-state index is 0.164. The molecule has 0 unspecified atom stereocenters. The lowest BCUT2D eigenvalue weighted by Crippen LogP contribution is -2.29. The Morgan fingerprint density at radius 1 is 1.38 bits per heavy atom. The van der Waals surface area contributed by atoms with Gasteiger partial charge in [0.1, 0.15) is 18.1 Å². The van der Waals surface area contributed by atoms with Crippen LogP contribution in [-0.4, -0.2) is 30.9 Å². The van der Waals surface area contributed by atoms with Crippen molar-refractivity contribution in [1.82, 2.24) is 25.0 Å². The van der Waals surface area contributed by atoms with Gasteiger partial charge in [0, 0.05) is 12.0 Å². The zero-order valence-corrected chi connectivity index (χ0v) is 13.2. The Labute approximate surface area is 136 Å². The van der Waals surface area contributed by atoms with Gasteiger partial charge in [-0.25, -0.2) is 4.68 Å². The minimum atomic E-state index is -0.449. The van der Waals surface area contributed by atoms with Crippen LogP contribution in [0.15, 0.2) is 39.7 Å². The molecular weight excluding hydrogens is 312 g/mol. The van der Waals surface area contributed by atoms with Crippen molar-refractivity contribution < 1.29 is 9.21 Å². The summed E-state index contributed by atoms with van der Waals surface area (Å²) in [6.45, 7) is 3.66. The molecule has 3 aromatic heterocycles. The number of rotatable bonds is 5. The number of hydrogen-bond donors (Lipinski definition) is 2. The van der Waals surface area contributed by atoms with E-state index in [4.69, 9.17) is 4.42 Å². The Morgan fingerprint density at radius 3 is 2.88 bits per heavy atom. The quantitative estimate of drug-likeness (QED) is 0.730. The van der Waals surface area contributed by atoms with Gasteiger partial charge in [-0.3, -0.25) is 20.0 Å². The highest BCUT2D eigenvalue weighted by Gasteiger charge is 2.12. The first-order chi connectivity index (χ1) is 11.5. The molecule has 24 heavy (non-hydrogen) atoms. The van der Waals surface area contributed by atoms with E-state index in [0.717, 1.165) is 4.68 Å². The van der Waals surface area contributed by atoms with Crippen LogP contribution in [-0.2, 0) is 11.3 Å². The number of nitrogens with one attached hydrogen (secondary N) is 2. The van der Waals surface area contributed by atoms with Crippen LogP contribution in [0.4, 0.5) is 5.95 Å². The van der Waals surface area contributed by atoms with Gasteiger partial charge in [-0.15, -0.1) is 5.10 Å². The maximum Gasteiger partial charge on any atom is 0.267 e. The van der Waals surface area contributed by atoms with Gasteiger partial charge in [-0.05, 0) is 18.2 Å². The van der Waals surface area contributed by atoms with Gasteiger partial charge in [-0.1, -0.05) is 13.8 Å². The van der Waals surface area contributed by atoms with Gasteiger partial charge >= 0.3 is 0 Å². The van der Waals surface area contributed by atoms with Crippen LogP contribution in [0.25, 0.3) is 11.5 Å². The number of carbonyl (C=O) groups is 1. The van der Waals surface area contributed by atoms with E-state index in [1.807, 2.05) is 13.8 Å². The first kappa shape index (κ1) is 15.7. The molecule has 0 bridgehead atoms. The molecule has 0 aromatic carbocycles. The molecule has 9 heteroatoms. The second kappa shape index (κ2) is 6.49. The molecule has 9 nitrogen and oxygen atoms in total. The Balaban J connectivity index is 1.74. The lowest BCUT2D eigenvalue weighted by atomic mass is 10.2. The predicted molar refractivity (Wildman–Crippen MR) is 85.3 cm³/mol. The van der Waals surface area contributed by atoms with E-state index in [1.54, 1.807) is 18.2 Å². The molecular formula is C15H16N6O3. The van der Waals surface area contributed by atoms with Crippen molar-refractivity contribution >= 4 is 11.9 Å². The number of nitrogens with zero attached hydrogens (tertiary/aromatic N) is 4. The first-order valence-electron chi connectivity index (χ1n) is 7.37. The molecule has 1 amide bonds. The van der Waals surface area contributed by atoms with E-state index in [9.17, 15) is 9.59 Å². The minimum Gasteiger partial charge on any atom is -0.463 e. The monoisotopic (exact) mass is 328 g/mol. The molecule has 124 valence electrons. The average Bonchev–Trinajstić information content (AvgIpc) is 3.20. The number of furan rings is 1. The normalized spacial score (nSPS) is 11.0. The van der Waals surface area contributed by atoms with E-state index in [2.05, 4.69) is 25.6 Å². The number of anilines is 1. The Hall–Kier alpha value is -3.23. The SMILES string of the molecule is CC(C)c1nc(NC(=O)Cn2nc(-c3ccco3)ccc2=O)n[nH]1. The molecule has 0 fully saturated rings. The molecule has 0 aliphatic carbocycles. The van der Waals surface area contributed by atoms with Crippen LogP contribution < -0.4 is 10.9 Å². The summed E-state index contributed by atoms with van der Waals surface area (Å²) in [4.78, 5) is 28.1. The molecule has 0 saturated heterocycles. The van der Waals surface area contributed by atoms with Crippen LogP contribution in [0.1, 0.15) is 25.6 Å². The highest BCUT2D eigenvalue weighted by Crippen LogP contribution is 2.15. The highest BCUT2D eigenvalue weighted by molar-refractivity contribution is 5.88. The van der Waals surface area contributed by atoms with E-state index < -0.39 is 11.5 Å². The van der Waals surface area contributed by atoms with Gasteiger partial charge < -0.3 is 4.42 Å². The predicted octanol–water partition coefficient (Wildman–Crippen LogP) is 1.38. The Morgan fingerprint density at radius 2 is 2.21 bits per heavy atom. The van der Waals surface area contributed by atoms with Crippen LogP contribution in [0.3, 0.4) is 0 Å². The summed E-state index contributed by atoms with van der Waals surface area (Å²) in [5.74, 6) is 1.06. The fourth-order valence-electron chi connectivity index (χ4n) is 2.01. The van der Waals surface area contributed by atoms with Crippen molar-refractivity contribution in [2.45, 2.75) is 26.3 Å². The van der Waals surface area contributed by atoms with Gasteiger partial charge in [0.15, 0.2) is 5.76 Å². The summed E-state index contributed by atoms with van der Waals surface area (Å²) in [6, 6.07) is 6.31. The van der Waals surface area contributed by atoms with Crippen molar-refractivity contribution in [3.05, 3.63) is 46.7 Å². The molecule has 0 atom stereocenters. The second-order valence-corrected chi connectivity index (χ2v) is 5.44. The third-order valence-electron chi connectivity index (χ3n) is 3.23. The molecule has 0 radical (unpaired) electrons. The van der Waals surface area contributed by atoms with E-state index in [1.165, 1.54) is 12.3 Å². The van der Waals surface area contributed by atoms with Crippen LogP contribution >= 0.6 is 0 Å². The first-order valence-corrected chi connectivity index (χ1v) is 7.37. The van der Waals surface area contributed by atoms with Crippen LogP contribution in [0, 0.1) is 0 Å².